The molecule has 0 aliphatic heterocycles. The maximum atomic E-state index is 13.7. The van der Waals surface area contributed by atoms with Crippen LogP contribution in [0.1, 0.15) is 26.1 Å². The lowest BCUT2D eigenvalue weighted by Crippen LogP contribution is -2.04. The monoisotopic (exact) mass is 291 g/mol. The molecule has 0 saturated carbocycles. The molecule has 2 rings (SSSR count). The molecule has 0 amide bonds. The summed E-state index contributed by atoms with van der Waals surface area (Å²) in [6.07, 6.45) is 1.81. The van der Waals surface area contributed by atoms with Gasteiger partial charge in [-0.3, -0.25) is 0 Å². The average Bonchev–Trinajstić information content (AvgIpc) is 2.42. The van der Waals surface area contributed by atoms with E-state index in [1.165, 1.54) is 17.8 Å². The second-order valence-electron chi connectivity index (χ2n) is 4.32. The van der Waals surface area contributed by atoms with Gasteiger partial charge in [-0.05, 0) is 25.5 Å². The number of hydrogen-bond donors (Lipinski definition) is 1. The van der Waals surface area contributed by atoms with Crippen LogP contribution < -0.4 is 5.32 Å². The van der Waals surface area contributed by atoms with E-state index in [9.17, 15) is 4.39 Å². The fourth-order valence-corrected chi connectivity index (χ4v) is 2.63. The maximum absolute atomic E-state index is 13.7. The molecule has 0 unspecified atom stereocenters. The molecule has 1 N–H and O–H groups in total. The Morgan fingerprint density at radius 3 is 2.70 bits per heavy atom. The molecule has 1 heterocycles. The summed E-state index contributed by atoms with van der Waals surface area (Å²) in [7, 11) is 0. The molecule has 0 aliphatic carbocycles. The van der Waals surface area contributed by atoms with Gasteiger partial charge in [-0.2, -0.15) is 0 Å². The first-order chi connectivity index (χ1) is 9.72. The molecule has 106 valence electrons. The number of aryl methyl sites for hydroxylation is 1. The fraction of sp³-hybridized carbons (Fsp3) is 0.333. The van der Waals surface area contributed by atoms with Crippen LogP contribution in [-0.4, -0.2) is 16.5 Å². The van der Waals surface area contributed by atoms with Gasteiger partial charge in [-0.25, -0.2) is 14.4 Å². The first-order valence-electron chi connectivity index (χ1n) is 6.77. The Bertz CT molecular complexity index is 551. The van der Waals surface area contributed by atoms with Gasteiger partial charge in [0, 0.05) is 23.9 Å². The molecule has 0 spiro atoms. The largest absolute Gasteiger partial charge is 0.370 e. The highest BCUT2D eigenvalue weighted by molar-refractivity contribution is 7.99. The second kappa shape index (κ2) is 7.24. The van der Waals surface area contributed by atoms with Gasteiger partial charge in [0.2, 0.25) is 0 Å². The van der Waals surface area contributed by atoms with Crippen LogP contribution >= 0.6 is 11.8 Å². The molecule has 0 atom stereocenters. The van der Waals surface area contributed by atoms with Crippen molar-refractivity contribution in [2.45, 2.75) is 36.6 Å². The van der Waals surface area contributed by atoms with Crippen LogP contribution in [0.15, 0.2) is 40.3 Å². The van der Waals surface area contributed by atoms with Crippen LogP contribution in [0, 0.1) is 5.82 Å². The van der Waals surface area contributed by atoms with Gasteiger partial charge < -0.3 is 5.32 Å². The zero-order valence-electron chi connectivity index (χ0n) is 11.7. The predicted molar refractivity (Wildman–Crippen MR) is 80.7 cm³/mol. The maximum Gasteiger partial charge on any atom is 0.137 e. The Morgan fingerprint density at radius 2 is 2.00 bits per heavy atom. The first kappa shape index (κ1) is 14.8. The van der Waals surface area contributed by atoms with E-state index in [1.807, 2.05) is 19.1 Å². The van der Waals surface area contributed by atoms with Gasteiger partial charge in [0.25, 0.3) is 0 Å². The molecule has 20 heavy (non-hydrogen) atoms. The van der Waals surface area contributed by atoms with Crippen molar-refractivity contribution < 1.29 is 4.39 Å². The van der Waals surface area contributed by atoms with Crippen LogP contribution in [-0.2, 0) is 6.42 Å². The summed E-state index contributed by atoms with van der Waals surface area (Å²) in [5.41, 5.74) is 0. The Balaban J connectivity index is 2.28. The van der Waals surface area contributed by atoms with Gasteiger partial charge in [0.1, 0.15) is 22.5 Å². The summed E-state index contributed by atoms with van der Waals surface area (Å²) >= 11 is 1.33. The van der Waals surface area contributed by atoms with Crippen molar-refractivity contribution in [1.82, 2.24) is 9.97 Å². The molecule has 0 saturated heterocycles. The van der Waals surface area contributed by atoms with Gasteiger partial charge >= 0.3 is 0 Å². The number of nitrogens with zero attached hydrogens (tertiary/aromatic N) is 2. The molecule has 5 heteroatoms. The molecule has 1 aromatic carbocycles. The average molecular weight is 291 g/mol. The quantitative estimate of drug-likeness (QED) is 0.811. The summed E-state index contributed by atoms with van der Waals surface area (Å²) in [6.45, 7) is 4.91. The standard InChI is InChI=1S/C15H18FN3S/c1-3-7-13-18-14(17-4-2)10-15(19-13)20-12-9-6-5-8-11(12)16/h5-6,8-10H,3-4,7H2,1-2H3,(H,17,18,19). The van der Waals surface area contributed by atoms with Crippen LogP contribution in [0.25, 0.3) is 0 Å². The minimum atomic E-state index is -0.224. The number of hydrogen-bond acceptors (Lipinski definition) is 4. The minimum absolute atomic E-state index is 0.224. The molecule has 3 nitrogen and oxygen atoms in total. The van der Waals surface area contributed by atoms with Crippen molar-refractivity contribution in [1.29, 1.82) is 0 Å². The molecule has 2 aromatic rings. The van der Waals surface area contributed by atoms with E-state index in [4.69, 9.17) is 0 Å². The summed E-state index contributed by atoms with van der Waals surface area (Å²) in [6, 6.07) is 8.59. The lowest BCUT2D eigenvalue weighted by atomic mass is 10.3. The van der Waals surface area contributed by atoms with Crippen molar-refractivity contribution in [3.8, 4) is 0 Å². The number of anilines is 1. The molecule has 0 bridgehead atoms. The van der Waals surface area contributed by atoms with Gasteiger partial charge in [-0.15, -0.1) is 0 Å². The highest BCUT2D eigenvalue weighted by Gasteiger charge is 2.08. The van der Waals surface area contributed by atoms with Crippen LogP contribution in [0.4, 0.5) is 10.2 Å². The van der Waals surface area contributed by atoms with Crippen LogP contribution in [0.3, 0.4) is 0 Å². The van der Waals surface area contributed by atoms with Crippen molar-refractivity contribution in [2.75, 3.05) is 11.9 Å². The van der Waals surface area contributed by atoms with Crippen LogP contribution in [0.5, 0.6) is 0 Å². The van der Waals surface area contributed by atoms with E-state index in [-0.39, 0.29) is 5.82 Å². The van der Waals surface area contributed by atoms with E-state index in [0.717, 1.165) is 36.1 Å². The number of rotatable bonds is 6. The third-order valence-electron chi connectivity index (χ3n) is 2.63. The predicted octanol–water partition coefficient (Wildman–Crippen LogP) is 4.15. The van der Waals surface area contributed by atoms with Gasteiger partial charge in [0.05, 0.1) is 0 Å². The minimum Gasteiger partial charge on any atom is -0.370 e. The zero-order chi connectivity index (χ0) is 14.4. The van der Waals surface area contributed by atoms with E-state index in [0.29, 0.717) is 4.90 Å². The Labute approximate surface area is 123 Å². The molecule has 0 radical (unpaired) electrons. The lowest BCUT2D eigenvalue weighted by Gasteiger charge is -2.08. The highest BCUT2D eigenvalue weighted by Crippen LogP contribution is 2.29. The molecular formula is C15H18FN3S. The lowest BCUT2D eigenvalue weighted by molar-refractivity contribution is 0.602. The molecular weight excluding hydrogens is 273 g/mol. The molecule has 1 aromatic heterocycles. The van der Waals surface area contributed by atoms with E-state index < -0.39 is 0 Å². The SMILES string of the molecule is CCCc1nc(NCC)cc(Sc2ccccc2F)n1. The number of halogens is 1. The van der Waals surface area contributed by atoms with E-state index in [2.05, 4.69) is 22.2 Å². The fourth-order valence-electron chi connectivity index (χ4n) is 1.77. The van der Waals surface area contributed by atoms with Crippen molar-refractivity contribution in [3.63, 3.8) is 0 Å². The first-order valence-corrected chi connectivity index (χ1v) is 7.58. The summed E-state index contributed by atoms with van der Waals surface area (Å²) in [5, 5.41) is 3.96. The van der Waals surface area contributed by atoms with Crippen molar-refractivity contribution >= 4 is 17.6 Å². The third-order valence-corrected chi connectivity index (χ3v) is 3.60. The van der Waals surface area contributed by atoms with Gasteiger partial charge in [-0.1, -0.05) is 30.8 Å². The van der Waals surface area contributed by atoms with Gasteiger partial charge in [0.15, 0.2) is 0 Å². The smallest absolute Gasteiger partial charge is 0.137 e. The molecule has 0 fully saturated rings. The molecule has 0 aliphatic rings. The summed E-state index contributed by atoms with van der Waals surface area (Å²) in [5.74, 6) is 1.37. The number of aromatic nitrogens is 2. The van der Waals surface area contributed by atoms with Crippen molar-refractivity contribution in [3.05, 3.63) is 42.0 Å². The Morgan fingerprint density at radius 1 is 1.20 bits per heavy atom. The topological polar surface area (TPSA) is 37.8 Å². The Kier molecular flexibility index (Phi) is 5.35. The highest BCUT2D eigenvalue weighted by atomic mass is 32.2. The Hall–Kier alpha value is -1.62. The number of nitrogens with one attached hydrogen (secondary N) is 1. The number of benzene rings is 1. The third kappa shape index (κ3) is 3.93. The van der Waals surface area contributed by atoms with E-state index in [1.54, 1.807) is 12.1 Å². The van der Waals surface area contributed by atoms with Crippen molar-refractivity contribution in [2.24, 2.45) is 0 Å². The second-order valence-corrected chi connectivity index (χ2v) is 5.38. The normalized spacial score (nSPS) is 10.6. The summed E-state index contributed by atoms with van der Waals surface area (Å²) < 4.78 is 13.7. The zero-order valence-corrected chi connectivity index (χ0v) is 12.5. The van der Waals surface area contributed by atoms with Crippen LogP contribution in [0.2, 0.25) is 0 Å². The van der Waals surface area contributed by atoms with E-state index >= 15 is 0 Å². The summed E-state index contributed by atoms with van der Waals surface area (Å²) in [4.78, 5) is 9.51.